The zero-order valence-corrected chi connectivity index (χ0v) is 20.7. The van der Waals surface area contributed by atoms with E-state index in [9.17, 15) is 18.5 Å². The standard InChI is InChI=1S/C27H25N5O4S/c1-2-12-25-27(28-29-30(25)20-11-17-22-13-5-3-6-14-22)31(21-23-15-7-4-8-16-23)37(35,36)26-19-10-9-18-24(26)32(33)34/h2-11,13-19H,1,12,20-21H2/b17-11+. The first kappa shape index (κ1) is 25.5. The van der Waals surface area contributed by atoms with Gasteiger partial charge in [0, 0.05) is 12.5 Å². The van der Waals surface area contributed by atoms with Gasteiger partial charge in [-0.25, -0.2) is 17.4 Å². The van der Waals surface area contributed by atoms with Gasteiger partial charge in [0.25, 0.3) is 15.7 Å². The molecule has 0 amide bonds. The molecule has 10 heteroatoms. The molecule has 0 aliphatic rings. The fourth-order valence-electron chi connectivity index (χ4n) is 3.82. The Morgan fingerprint density at radius 1 is 0.973 bits per heavy atom. The zero-order valence-electron chi connectivity index (χ0n) is 19.9. The second-order valence-corrected chi connectivity index (χ2v) is 9.90. The Hall–Kier alpha value is -4.57. The van der Waals surface area contributed by atoms with Crippen LogP contribution < -0.4 is 4.31 Å². The number of nitrogens with zero attached hydrogens (tertiary/aromatic N) is 5. The fraction of sp³-hybridized carbons (Fsp3) is 0.111. The second kappa shape index (κ2) is 11.4. The van der Waals surface area contributed by atoms with Crippen molar-refractivity contribution in [2.24, 2.45) is 0 Å². The highest BCUT2D eigenvalue weighted by Gasteiger charge is 2.35. The van der Waals surface area contributed by atoms with E-state index in [0.717, 1.165) is 9.87 Å². The Bertz CT molecular complexity index is 1520. The molecule has 0 aliphatic carbocycles. The van der Waals surface area contributed by atoms with Crippen LogP contribution in [0.5, 0.6) is 0 Å². The molecule has 0 atom stereocenters. The van der Waals surface area contributed by atoms with Crippen LogP contribution in [0.25, 0.3) is 6.08 Å². The number of rotatable bonds is 11. The van der Waals surface area contributed by atoms with E-state index in [1.165, 1.54) is 24.3 Å². The number of hydrogen-bond donors (Lipinski definition) is 0. The summed E-state index contributed by atoms with van der Waals surface area (Å²) in [4.78, 5) is 10.5. The molecule has 0 fully saturated rings. The van der Waals surface area contributed by atoms with Crippen LogP contribution in [0, 0.1) is 10.1 Å². The summed E-state index contributed by atoms with van der Waals surface area (Å²) >= 11 is 0. The van der Waals surface area contributed by atoms with Gasteiger partial charge >= 0.3 is 0 Å². The molecule has 0 saturated heterocycles. The second-order valence-electron chi connectivity index (χ2n) is 8.07. The lowest BCUT2D eigenvalue weighted by Crippen LogP contribution is -2.32. The Labute approximate surface area is 215 Å². The van der Waals surface area contributed by atoms with Gasteiger partial charge in [0.05, 0.1) is 23.7 Å². The number of aromatic nitrogens is 3. The van der Waals surface area contributed by atoms with Crippen molar-refractivity contribution in [3.63, 3.8) is 0 Å². The number of nitro groups is 1. The Morgan fingerprint density at radius 2 is 1.62 bits per heavy atom. The van der Waals surface area contributed by atoms with Crippen LogP contribution in [0.4, 0.5) is 11.5 Å². The smallest absolute Gasteiger partial charge is 0.258 e. The first-order valence-electron chi connectivity index (χ1n) is 11.5. The highest BCUT2D eigenvalue weighted by atomic mass is 32.2. The predicted octanol–water partition coefficient (Wildman–Crippen LogP) is 5.02. The summed E-state index contributed by atoms with van der Waals surface area (Å²) in [6, 6.07) is 24.0. The molecule has 0 bridgehead atoms. The van der Waals surface area contributed by atoms with Crippen molar-refractivity contribution in [1.82, 2.24) is 15.0 Å². The predicted molar refractivity (Wildman–Crippen MR) is 142 cm³/mol. The number of anilines is 1. The minimum absolute atomic E-state index is 0.0854. The highest BCUT2D eigenvalue weighted by Crippen LogP contribution is 2.32. The molecule has 0 spiro atoms. The van der Waals surface area contributed by atoms with Gasteiger partial charge in [-0.05, 0) is 17.2 Å². The zero-order chi connectivity index (χ0) is 26.3. The van der Waals surface area contributed by atoms with Crippen LogP contribution in [0.1, 0.15) is 16.8 Å². The Morgan fingerprint density at radius 3 is 2.30 bits per heavy atom. The summed E-state index contributed by atoms with van der Waals surface area (Å²) in [5.74, 6) is 0.0926. The van der Waals surface area contributed by atoms with Gasteiger partial charge in [-0.1, -0.05) is 96.2 Å². The SMILES string of the molecule is C=CCc1c(N(Cc2ccccc2)S(=O)(=O)c2ccccc2[N+](=O)[O-])nnn1C/C=C/c1ccccc1. The van der Waals surface area contributed by atoms with E-state index in [1.54, 1.807) is 35.0 Å². The number of sulfonamides is 1. The van der Waals surface area contributed by atoms with E-state index < -0.39 is 25.5 Å². The summed E-state index contributed by atoms with van der Waals surface area (Å²) in [7, 11) is -4.40. The van der Waals surface area contributed by atoms with E-state index in [4.69, 9.17) is 0 Å². The third kappa shape index (κ3) is 5.81. The normalized spacial score (nSPS) is 11.5. The van der Waals surface area contributed by atoms with Gasteiger partial charge < -0.3 is 0 Å². The Kier molecular flexibility index (Phi) is 7.89. The summed E-state index contributed by atoms with van der Waals surface area (Å²) in [6.07, 6.45) is 5.76. The number of benzene rings is 3. The number of hydrogen-bond acceptors (Lipinski definition) is 6. The molecule has 3 aromatic carbocycles. The van der Waals surface area contributed by atoms with Crippen molar-refractivity contribution in [1.29, 1.82) is 0 Å². The van der Waals surface area contributed by atoms with Crippen molar-refractivity contribution >= 4 is 27.6 Å². The molecule has 37 heavy (non-hydrogen) atoms. The maximum absolute atomic E-state index is 13.9. The first-order valence-corrected chi connectivity index (χ1v) is 12.9. The number of allylic oxidation sites excluding steroid dienone is 2. The highest BCUT2D eigenvalue weighted by molar-refractivity contribution is 7.93. The topological polar surface area (TPSA) is 111 Å². The summed E-state index contributed by atoms with van der Waals surface area (Å²) < 4.78 is 30.5. The number of nitro benzene ring substituents is 1. The third-order valence-corrected chi connectivity index (χ3v) is 7.36. The molecule has 0 N–H and O–H groups in total. The lowest BCUT2D eigenvalue weighted by Gasteiger charge is -2.23. The molecule has 188 valence electrons. The fourth-order valence-corrected chi connectivity index (χ4v) is 5.40. The minimum atomic E-state index is -4.40. The van der Waals surface area contributed by atoms with E-state index in [2.05, 4.69) is 16.9 Å². The summed E-state index contributed by atoms with van der Waals surface area (Å²) in [5.41, 5.74) is 1.71. The van der Waals surface area contributed by atoms with Crippen LogP contribution in [-0.4, -0.2) is 28.3 Å². The molecule has 0 aliphatic heterocycles. The van der Waals surface area contributed by atoms with Gasteiger partial charge in [-0.2, -0.15) is 0 Å². The largest absolute Gasteiger partial charge is 0.289 e. The van der Waals surface area contributed by atoms with Crippen molar-refractivity contribution in [3.8, 4) is 0 Å². The average molecular weight is 516 g/mol. The molecular weight excluding hydrogens is 490 g/mol. The number of para-hydroxylation sites is 1. The van der Waals surface area contributed by atoms with Gasteiger partial charge in [0.2, 0.25) is 0 Å². The maximum Gasteiger partial charge on any atom is 0.289 e. The first-order chi connectivity index (χ1) is 17.9. The average Bonchev–Trinajstić information content (AvgIpc) is 3.30. The van der Waals surface area contributed by atoms with Crippen LogP contribution >= 0.6 is 0 Å². The minimum Gasteiger partial charge on any atom is -0.258 e. The molecule has 4 aromatic rings. The van der Waals surface area contributed by atoms with E-state index in [0.29, 0.717) is 24.2 Å². The molecule has 0 radical (unpaired) electrons. The Balaban J connectivity index is 1.79. The lowest BCUT2D eigenvalue weighted by molar-refractivity contribution is -0.387. The summed E-state index contributed by atoms with van der Waals surface area (Å²) in [5, 5.41) is 20.1. The van der Waals surface area contributed by atoms with Crippen molar-refractivity contribution < 1.29 is 13.3 Å². The van der Waals surface area contributed by atoms with Gasteiger partial charge in [-0.3, -0.25) is 10.1 Å². The molecule has 1 aromatic heterocycles. The monoisotopic (exact) mass is 515 g/mol. The third-order valence-electron chi connectivity index (χ3n) is 5.58. The molecule has 0 saturated carbocycles. The molecule has 9 nitrogen and oxygen atoms in total. The van der Waals surface area contributed by atoms with Crippen molar-refractivity contribution in [3.05, 3.63) is 131 Å². The van der Waals surface area contributed by atoms with E-state index in [1.807, 2.05) is 48.6 Å². The molecule has 1 heterocycles. The lowest BCUT2D eigenvalue weighted by atomic mass is 10.2. The van der Waals surface area contributed by atoms with Gasteiger partial charge in [-0.15, -0.1) is 11.7 Å². The van der Waals surface area contributed by atoms with Crippen LogP contribution in [0.2, 0.25) is 0 Å². The van der Waals surface area contributed by atoms with Crippen molar-refractivity contribution in [2.75, 3.05) is 4.31 Å². The van der Waals surface area contributed by atoms with Crippen LogP contribution in [-0.2, 0) is 29.5 Å². The van der Waals surface area contributed by atoms with E-state index >= 15 is 0 Å². The van der Waals surface area contributed by atoms with Crippen LogP contribution in [0.3, 0.4) is 0 Å². The van der Waals surface area contributed by atoms with Crippen LogP contribution in [0.15, 0.2) is 109 Å². The molecule has 4 rings (SSSR count). The molecular formula is C27H25N5O4S. The van der Waals surface area contributed by atoms with Gasteiger partial charge in [0.1, 0.15) is 0 Å². The van der Waals surface area contributed by atoms with Gasteiger partial charge in [0.15, 0.2) is 10.7 Å². The quantitative estimate of drug-likeness (QED) is 0.157. The van der Waals surface area contributed by atoms with E-state index in [-0.39, 0.29) is 12.4 Å². The van der Waals surface area contributed by atoms with Crippen molar-refractivity contribution in [2.45, 2.75) is 24.4 Å². The maximum atomic E-state index is 13.9. The molecule has 0 unspecified atom stereocenters. The summed E-state index contributed by atoms with van der Waals surface area (Å²) in [6.45, 7) is 4.06.